The van der Waals surface area contributed by atoms with Gasteiger partial charge >= 0.3 is 0 Å². The summed E-state index contributed by atoms with van der Waals surface area (Å²) in [6.07, 6.45) is 0. The number of carbonyl (C=O) groups is 1. The van der Waals surface area contributed by atoms with E-state index >= 15 is 0 Å². The van der Waals surface area contributed by atoms with E-state index in [4.69, 9.17) is 21.1 Å². The number of rotatable bonds is 8. The highest BCUT2D eigenvalue weighted by molar-refractivity contribution is 7.99. The summed E-state index contributed by atoms with van der Waals surface area (Å²) in [4.78, 5) is 12.7. The van der Waals surface area contributed by atoms with E-state index in [-0.39, 0.29) is 11.5 Å². The Morgan fingerprint density at radius 1 is 1.14 bits per heavy atom. The average Bonchev–Trinajstić information content (AvgIpc) is 3.14. The average molecular weight is 418 g/mol. The molecule has 8 heteroatoms. The van der Waals surface area contributed by atoms with Gasteiger partial charge in [-0.05, 0) is 31.2 Å². The summed E-state index contributed by atoms with van der Waals surface area (Å²) in [5, 5.41) is 9.86. The lowest BCUT2D eigenvalue weighted by Gasteiger charge is -2.10. The zero-order valence-electron chi connectivity index (χ0n) is 15.8. The van der Waals surface area contributed by atoms with Crippen molar-refractivity contribution in [1.82, 2.24) is 14.8 Å². The molecule has 0 radical (unpaired) electrons. The van der Waals surface area contributed by atoms with Crippen LogP contribution in [0, 0.1) is 0 Å². The third-order valence-corrected chi connectivity index (χ3v) is 5.36. The van der Waals surface area contributed by atoms with E-state index in [1.165, 1.54) is 18.9 Å². The Morgan fingerprint density at radius 3 is 2.64 bits per heavy atom. The number of nitrogens with zero attached hydrogens (tertiary/aromatic N) is 3. The van der Waals surface area contributed by atoms with Crippen molar-refractivity contribution in [3.05, 3.63) is 53.1 Å². The lowest BCUT2D eigenvalue weighted by Crippen LogP contribution is -2.07. The molecule has 0 saturated carbocycles. The molecule has 28 heavy (non-hydrogen) atoms. The van der Waals surface area contributed by atoms with Crippen LogP contribution >= 0.6 is 23.4 Å². The Balaban J connectivity index is 1.79. The number of benzene rings is 2. The zero-order valence-corrected chi connectivity index (χ0v) is 17.4. The Morgan fingerprint density at radius 2 is 1.96 bits per heavy atom. The molecule has 0 aliphatic heterocycles. The van der Waals surface area contributed by atoms with Gasteiger partial charge in [-0.25, -0.2) is 0 Å². The molecule has 0 atom stereocenters. The molecule has 1 heterocycles. The summed E-state index contributed by atoms with van der Waals surface area (Å²) in [5.41, 5.74) is 1.39. The first-order valence-electron chi connectivity index (χ1n) is 8.64. The van der Waals surface area contributed by atoms with E-state index < -0.39 is 0 Å². The van der Waals surface area contributed by atoms with E-state index in [0.717, 1.165) is 11.4 Å². The second-order valence-corrected chi connectivity index (χ2v) is 7.22. The summed E-state index contributed by atoms with van der Waals surface area (Å²) in [7, 11) is 3.10. The lowest BCUT2D eigenvalue weighted by molar-refractivity contribution is 0.101. The maximum atomic E-state index is 12.7. The van der Waals surface area contributed by atoms with Gasteiger partial charge in [-0.3, -0.25) is 4.79 Å². The number of Topliss-reactive ketones (excluding diaryl/α,β-unsaturated/α-hetero) is 1. The van der Waals surface area contributed by atoms with Crippen molar-refractivity contribution in [2.75, 3.05) is 20.0 Å². The third kappa shape index (κ3) is 4.31. The molecule has 146 valence electrons. The molecule has 0 bridgehead atoms. The quantitative estimate of drug-likeness (QED) is 0.394. The zero-order chi connectivity index (χ0) is 20.1. The van der Waals surface area contributed by atoms with Crippen LogP contribution in [0.3, 0.4) is 0 Å². The number of ether oxygens (including phenoxy) is 2. The van der Waals surface area contributed by atoms with Crippen molar-refractivity contribution in [2.45, 2.75) is 18.6 Å². The van der Waals surface area contributed by atoms with Gasteiger partial charge in [0.15, 0.2) is 16.8 Å². The van der Waals surface area contributed by atoms with Crippen molar-refractivity contribution >= 4 is 29.1 Å². The smallest absolute Gasteiger partial charge is 0.191 e. The van der Waals surface area contributed by atoms with Crippen molar-refractivity contribution in [3.8, 4) is 22.9 Å². The first-order chi connectivity index (χ1) is 13.6. The Bertz CT molecular complexity index is 991. The normalized spacial score (nSPS) is 10.7. The number of hydrogen-bond donors (Lipinski definition) is 0. The molecule has 0 saturated heterocycles. The van der Waals surface area contributed by atoms with Crippen LogP contribution in [0.5, 0.6) is 11.5 Å². The van der Waals surface area contributed by atoms with Crippen LogP contribution in [0.2, 0.25) is 5.02 Å². The van der Waals surface area contributed by atoms with Crippen LogP contribution < -0.4 is 9.47 Å². The fourth-order valence-electron chi connectivity index (χ4n) is 2.76. The predicted octanol–water partition coefficient (Wildman–Crippen LogP) is 4.61. The molecule has 2 aromatic carbocycles. The van der Waals surface area contributed by atoms with E-state index in [1.54, 1.807) is 25.3 Å². The molecule has 0 N–H and O–H groups in total. The van der Waals surface area contributed by atoms with Gasteiger partial charge in [0, 0.05) is 23.2 Å². The van der Waals surface area contributed by atoms with Gasteiger partial charge in [-0.15, -0.1) is 10.2 Å². The number of halogens is 1. The number of aromatic nitrogens is 3. The Kier molecular flexibility index (Phi) is 6.59. The minimum Gasteiger partial charge on any atom is -0.497 e. The maximum absolute atomic E-state index is 12.7. The second-order valence-electron chi connectivity index (χ2n) is 5.84. The van der Waals surface area contributed by atoms with Gasteiger partial charge in [0.2, 0.25) is 0 Å². The molecule has 0 aliphatic carbocycles. The fraction of sp³-hybridized carbons (Fsp3) is 0.250. The molecule has 3 rings (SSSR count). The molecule has 0 spiro atoms. The summed E-state index contributed by atoms with van der Waals surface area (Å²) in [6.45, 7) is 2.69. The number of methoxy groups -OCH3 is 2. The lowest BCUT2D eigenvalue weighted by atomic mass is 10.1. The Labute approximate surface area is 172 Å². The molecule has 0 unspecified atom stereocenters. The summed E-state index contributed by atoms with van der Waals surface area (Å²) in [6, 6.07) is 12.6. The number of thioether (sulfide) groups is 1. The third-order valence-electron chi connectivity index (χ3n) is 4.16. The van der Waals surface area contributed by atoms with Crippen LogP contribution in [0.1, 0.15) is 17.3 Å². The van der Waals surface area contributed by atoms with Crippen molar-refractivity contribution in [1.29, 1.82) is 0 Å². The van der Waals surface area contributed by atoms with Crippen LogP contribution in [-0.2, 0) is 6.54 Å². The minimum atomic E-state index is -0.0561. The summed E-state index contributed by atoms with van der Waals surface area (Å²) in [5.74, 6) is 2.01. The Hall–Kier alpha value is -2.51. The second kappa shape index (κ2) is 9.12. The molecule has 0 fully saturated rings. The minimum absolute atomic E-state index is 0.0561. The highest BCUT2D eigenvalue weighted by Gasteiger charge is 2.18. The molecular formula is C20H20ClN3O3S. The monoisotopic (exact) mass is 417 g/mol. The molecular weight excluding hydrogens is 398 g/mol. The van der Waals surface area contributed by atoms with E-state index in [9.17, 15) is 4.79 Å². The van der Waals surface area contributed by atoms with Crippen molar-refractivity contribution in [2.24, 2.45) is 0 Å². The topological polar surface area (TPSA) is 66.2 Å². The SMILES string of the molecule is CCn1c(SCC(=O)c2ccc(OC)cc2OC)nnc1-c1cccc(Cl)c1. The summed E-state index contributed by atoms with van der Waals surface area (Å²) >= 11 is 7.43. The predicted molar refractivity (Wildman–Crippen MR) is 111 cm³/mol. The van der Waals surface area contributed by atoms with Crippen LogP contribution in [0.25, 0.3) is 11.4 Å². The van der Waals surface area contributed by atoms with E-state index in [1.807, 2.05) is 35.8 Å². The number of ketones is 1. The molecule has 0 amide bonds. The van der Waals surface area contributed by atoms with Gasteiger partial charge in [-0.2, -0.15) is 0 Å². The van der Waals surface area contributed by atoms with Crippen molar-refractivity contribution in [3.63, 3.8) is 0 Å². The molecule has 1 aromatic heterocycles. The molecule has 6 nitrogen and oxygen atoms in total. The number of carbonyl (C=O) groups excluding carboxylic acids is 1. The van der Waals surface area contributed by atoms with Gasteiger partial charge in [0.25, 0.3) is 0 Å². The van der Waals surface area contributed by atoms with E-state index in [0.29, 0.717) is 33.8 Å². The largest absolute Gasteiger partial charge is 0.497 e. The standard InChI is InChI=1S/C20H20ClN3O3S/c1-4-24-19(13-6-5-7-14(21)10-13)22-23-20(24)28-12-17(25)16-9-8-15(26-2)11-18(16)27-3/h5-11H,4,12H2,1-3H3. The number of hydrogen-bond acceptors (Lipinski definition) is 6. The fourth-order valence-corrected chi connectivity index (χ4v) is 3.83. The van der Waals surface area contributed by atoms with Gasteiger partial charge in [0.1, 0.15) is 11.5 Å². The van der Waals surface area contributed by atoms with Gasteiger partial charge in [0.05, 0.1) is 25.5 Å². The van der Waals surface area contributed by atoms with Gasteiger partial charge in [-0.1, -0.05) is 35.5 Å². The first-order valence-corrected chi connectivity index (χ1v) is 10.0. The highest BCUT2D eigenvalue weighted by Crippen LogP contribution is 2.29. The van der Waals surface area contributed by atoms with Crippen LogP contribution in [0.15, 0.2) is 47.6 Å². The first kappa shape index (κ1) is 20.2. The highest BCUT2D eigenvalue weighted by atomic mass is 35.5. The maximum Gasteiger partial charge on any atom is 0.191 e. The van der Waals surface area contributed by atoms with Gasteiger partial charge < -0.3 is 14.0 Å². The molecule has 0 aliphatic rings. The summed E-state index contributed by atoms with van der Waals surface area (Å²) < 4.78 is 12.5. The van der Waals surface area contributed by atoms with E-state index in [2.05, 4.69) is 10.2 Å². The van der Waals surface area contributed by atoms with Crippen LogP contribution in [-0.4, -0.2) is 40.5 Å². The van der Waals surface area contributed by atoms with Crippen molar-refractivity contribution < 1.29 is 14.3 Å². The van der Waals surface area contributed by atoms with Crippen LogP contribution in [0.4, 0.5) is 0 Å². The molecule has 3 aromatic rings.